The van der Waals surface area contributed by atoms with Gasteiger partial charge in [-0.2, -0.15) is 4.98 Å². The van der Waals surface area contributed by atoms with Crippen molar-refractivity contribution < 1.29 is 8.95 Å². The van der Waals surface area contributed by atoms with E-state index in [1.54, 1.807) is 30.6 Å². The lowest BCUT2D eigenvalue weighted by Crippen LogP contribution is -2.09. The van der Waals surface area contributed by atoms with Gasteiger partial charge in [0.25, 0.3) is 0 Å². The van der Waals surface area contributed by atoms with Gasteiger partial charge in [0.05, 0.1) is 17.2 Å². The number of hydrogen-bond acceptors (Lipinski definition) is 8. The van der Waals surface area contributed by atoms with Crippen LogP contribution >= 0.6 is 0 Å². The summed E-state index contributed by atoms with van der Waals surface area (Å²) in [5.74, 6) is 1.90. The third-order valence-electron chi connectivity index (χ3n) is 5.03. The minimum atomic E-state index is -2.17. The molecule has 4 rings (SSSR count). The van der Waals surface area contributed by atoms with Gasteiger partial charge in [0.2, 0.25) is 5.95 Å². The van der Waals surface area contributed by atoms with Crippen molar-refractivity contribution in [2.24, 2.45) is 0 Å². The van der Waals surface area contributed by atoms with Gasteiger partial charge in [-0.15, -0.1) is 0 Å². The highest BCUT2D eigenvalue weighted by Gasteiger charge is 2.11. The minimum Gasteiger partial charge on any atom is -0.494 e. The SMILES string of the molecule is CCOc1ccc(-c2cnc(Nc3cccc([SH](=N)=O)c3)nc2NCCc2cccnc2)cc1. The van der Waals surface area contributed by atoms with Gasteiger partial charge in [0.1, 0.15) is 11.6 Å². The van der Waals surface area contributed by atoms with E-state index < -0.39 is 10.6 Å². The van der Waals surface area contributed by atoms with E-state index in [2.05, 4.69) is 20.6 Å². The van der Waals surface area contributed by atoms with Crippen LogP contribution in [-0.2, 0) is 17.0 Å². The van der Waals surface area contributed by atoms with E-state index in [9.17, 15) is 4.21 Å². The number of pyridine rings is 1. The van der Waals surface area contributed by atoms with Crippen molar-refractivity contribution in [1.82, 2.24) is 15.0 Å². The van der Waals surface area contributed by atoms with E-state index in [1.807, 2.05) is 55.6 Å². The molecule has 0 aliphatic rings. The maximum absolute atomic E-state index is 11.5. The monoisotopic (exact) mass is 474 g/mol. The highest BCUT2D eigenvalue weighted by Crippen LogP contribution is 2.29. The van der Waals surface area contributed by atoms with Gasteiger partial charge in [-0.3, -0.25) is 9.76 Å². The minimum absolute atomic E-state index is 0.399. The molecule has 4 aromatic rings. The Labute approximate surface area is 200 Å². The highest BCUT2D eigenvalue weighted by molar-refractivity contribution is 7.73. The topological polar surface area (TPSA) is 113 Å². The molecule has 2 heterocycles. The molecule has 0 radical (unpaired) electrons. The van der Waals surface area contributed by atoms with Crippen LogP contribution in [-0.4, -0.2) is 32.3 Å². The molecule has 0 bridgehead atoms. The van der Waals surface area contributed by atoms with Gasteiger partial charge in [0.15, 0.2) is 0 Å². The first-order chi connectivity index (χ1) is 16.6. The van der Waals surface area contributed by atoms with Crippen LogP contribution in [0.4, 0.5) is 17.5 Å². The third-order valence-corrected chi connectivity index (χ3v) is 5.78. The van der Waals surface area contributed by atoms with Crippen LogP contribution in [0, 0.1) is 4.78 Å². The number of nitrogens with one attached hydrogen (secondary N) is 3. The molecule has 3 N–H and O–H groups in total. The second kappa shape index (κ2) is 11.2. The first kappa shape index (κ1) is 23.2. The number of ether oxygens (including phenoxy) is 1. The Morgan fingerprint density at radius 1 is 1.06 bits per heavy atom. The van der Waals surface area contributed by atoms with Crippen molar-refractivity contribution in [3.05, 3.63) is 84.8 Å². The Morgan fingerprint density at radius 3 is 2.65 bits per heavy atom. The first-order valence-corrected chi connectivity index (χ1v) is 12.2. The molecule has 0 fully saturated rings. The average Bonchev–Trinajstić information content (AvgIpc) is 2.86. The zero-order valence-electron chi connectivity index (χ0n) is 18.7. The fourth-order valence-corrected chi connectivity index (χ4v) is 3.87. The lowest BCUT2D eigenvalue weighted by atomic mass is 10.1. The molecule has 0 saturated carbocycles. The summed E-state index contributed by atoms with van der Waals surface area (Å²) < 4.78 is 24.6. The summed E-state index contributed by atoms with van der Waals surface area (Å²) in [5.41, 5.74) is 3.63. The van der Waals surface area contributed by atoms with Crippen molar-refractivity contribution in [2.75, 3.05) is 23.8 Å². The van der Waals surface area contributed by atoms with Crippen molar-refractivity contribution in [3.8, 4) is 16.9 Å². The van der Waals surface area contributed by atoms with E-state index in [1.165, 1.54) is 0 Å². The summed E-state index contributed by atoms with van der Waals surface area (Å²) in [6.07, 6.45) is 6.18. The summed E-state index contributed by atoms with van der Waals surface area (Å²) >= 11 is 0. The molecule has 0 aliphatic heterocycles. The number of benzene rings is 2. The summed E-state index contributed by atoms with van der Waals surface area (Å²) in [5, 5.41) is 6.58. The van der Waals surface area contributed by atoms with Crippen LogP contribution in [0.15, 0.2) is 84.1 Å². The Balaban J connectivity index is 1.60. The fraction of sp³-hybridized carbons (Fsp3) is 0.160. The summed E-state index contributed by atoms with van der Waals surface area (Å²) in [6.45, 7) is 3.23. The molecule has 9 heteroatoms. The standard InChI is InChI=1S/C25H26N6O2S/c1-2-33-21-10-8-19(9-11-21)23-17-29-25(30-20-6-3-7-22(15-20)34(26)32)31-24(23)28-14-12-18-5-4-13-27-16-18/h3-11,13,15-17,26,34H,2,12,14H2,1H3,(H2,28,29,30,31). The first-order valence-electron chi connectivity index (χ1n) is 10.9. The fourth-order valence-electron chi connectivity index (χ4n) is 3.40. The van der Waals surface area contributed by atoms with Gasteiger partial charge in [0, 0.05) is 41.3 Å². The van der Waals surface area contributed by atoms with Crippen LogP contribution in [0.1, 0.15) is 12.5 Å². The zero-order valence-corrected chi connectivity index (χ0v) is 19.6. The summed E-state index contributed by atoms with van der Waals surface area (Å²) in [4.78, 5) is 13.8. The molecule has 0 spiro atoms. The smallest absolute Gasteiger partial charge is 0.229 e. The molecule has 2 aromatic carbocycles. The lowest BCUT2D eigenvalue weighted by molar-refractivity contribution is 0.340. The second-order valence-corrected chi connectivity index (χ2v) is 8.53. The number of rotatable bonds is 10. The number of hydrogen-bond donors (Lipinski definition) is 4. The quantitative estimate of drug-likeness (QED) is 0.241. The van der Waals surface area contributed by atoms with Gasteiger partial charge in [-0.25, -0.2) is 9.19 Å². The van der Waals surface area contributed by atoms with E-state index >= 15 is 0 Å². The molecule has 0 aliphatic carbocycles. The number of nitrogens with zero attached hydrogens (tertiary/aromatic N) is 3. The molecule has 2 aromatic heterocycles. The Morgan fingerprint density at radius 2 is 1.91 bits per heavy atom. The molecule has 0 amide bonds. The van der Waals surface area contributed by atoms with Gasteiger partial charge < -0.3 is 15.4 Å². The normalized spacial score (nSPS) is 11.6. The summed E-state index contributed by atoms with van der Waals surface area (Å²) in [6, 6.07) is 18.7. The molecule has 174 valence electrons. The van der Waals surface area contributed by atoms with E-state index in [-0.39, 0.29) is 0 Å². The molecule has 1 unspecified atom stereocenters. The lowest BCUT2D eigenvalue weighted by Gasteiger charge is -2.14. The Bertz CT molecular complexity index is 1300. The summed E-state index contributed by atoms with van der Waals surface area (Å²) in [7, 11) is -2.17. The third kappa shape index (κ3) is 6.08. The number of aromatic nitrogens is 3. The predicted octanol–water partition coefficient (Wildman–Crippen LogP) is 4.94. The van der Waals surface area contributed by atoms with Crippen molar-refractivity contribution in [1.29, 1.82) is 4.78 Å². The van der Waals surface area contributed by atoms with Crippen molar-refractivity contribution in [2.45, 2.75) is 18.2 Å². The Hall–Kier alpha value is -3.98. The molecular weight excluding hydrogens is 448 g/mol. The number of anilines is 3. The maximum atomic E-state index is 11.5. The van der Waals surface area contributed by atoms with Gasteiger partial charge in [-0.05, 0) is 60.9 Å². The van der Waals surface area contributed by atoms with Crippen LogP contribution < -0.4 is 15.4 Å². The molecule has 8 nitrogen and oxygen atoms in total. The van der Waals surface area contributed by atoms with Crippen LogP contribution in [0.5, 0.6) is 5.75 Å². The molecule has 0 saturated heterocycles. The maximum Gasteiger partial charge on any atom is 0.229 e. The second-order valence-electron chi connectivity index (χ2n) is 7.42. The molecular formula is C25H26N6O2S. The molecule has 34 heavy (non-hydrogen) atoms. The van der Waals surface area contributed by atoms with Crippen LogP contribution in [0.2, 0.25) is 0 Å². The largest absolute Gasteiger partial charge is 0.494 e. The average molecular weight is 475 g/mol. The number of thiol groups is 1. The van der Waals surface area contributed by atoms with Gasteiger partial charge >= 0.3 is 0 Å². The van der Waals surface area contributed by atoms with Crippen LogP contribution in [0.25, 0.3) is 11.1 Å². The molecule has 1 atom stereocenters. The van der Waals surface area contributed by atoms with Crippen LogP contribution in [0.3, 0.4) is 0 Å². The predicted molar refractivity (Wildman–Crippen MR) is 135 cm³/mol. The Kier molecular flexibility index (Phi) is 7.67. The highest BCUT2D eigenvalue weighted by atomic mass is 32.2. The zero-order chi connectivity index (χ0) is 23.8. The van der Waals surface area contributed by atoms with Crippen molar-refractivity contribution in [3.63, 3.8) is 0 Å². The van der Waals surface area contributed by atoms with E-state index in [0.29, 0.717) is 35.5 Å². The van der Waals surface area contributed by atoms with E-state index in [4.69, 9.17) is 14.5 Å². The van der Waals surface area contributed by atoms with Gasteiger partial charge in [-0.1, -0.05) is 24.3 Å². The van der Waals surface area contributed by atoms with E-state index in [0.717, 1.165) is 28.9 Å². The van der Waals surface area contributed by atoms with Crippen molar-refractivity contribution >= 4 is 28.0 Å².